The van der Waals surface area contributed by atoms with Gasteiger partial charge in [-0.15, -0.1) is 11.6 Å². The van der Waals surface area contributed by atoms with E-state index >= 15 is 0 Å². The van der Waals surface area contributed by atoms with E-state index in [1.807, 2.05) is 6.07 Å². The van der Waals surface area contributed by atoms with Crippen LogP contribution in [0, 0.1) is 11.2 Å². The molecule has 0 aliphatic rings. The zero-order chi connectivity index (χ0) is 12.2. The SMILES string of the molecule is CC(C)(C)C(Cl)CCCc1cccc(F)c1. The third-order valence-electron chi connectivity index (χ3n) is 2.75. The summed E-state index contributed by atoms with van der Waals surface area (Å²) in [5, 5.41) is 0.182. The maximum atomic E-state index is 12.9. The van der Waals surface area contributed by atoms with E-state index in [1.54, 1.807) is 12.1 Å². The highest BCUT2D eigenvalue weighted by Crippen LogP contribution is 2.28. The van der Waals surface area contributed by atoms with Crippen molar-refractivity contribution in [1.29, 1.82) is 0 Å². The average molecular weight is 243 g/mol. The number of benzene rings is 1. The van der Waals surface area contributed by atoms with Gasteiger partial charge in [-0.2, -0.15) is 0 Å². The van der Waals surface area contributed by atoms with E-state index in [1.165, 1.54) is 6.07 Å². The fourth-order valence-electron chi connectivity index (χ4n) is 1.61. The first-order chi connectivity index (χ1) is 7.39. The molecule has 16 heavy (non-hydrogen) atoms. The summed E-state index contributed by atoms with van der Waals surface area (Å²) in [5.74, 6) is -0.157. The number of halogens is 2. The summed E-state index contributed by atoms with van der Waals surface area (Å²) >= 11 is 6.28. The predicted molar refractivity (Wildman–Crippen MR) is 68.4 cm³/mol. The van der Waals surface area contributed by atoms with Crippen molar-refractivity contribution in [1.82, 2.24) is 0 Å². The molecule has 0 aliphatic carbocycles. The minimum absolute atomic E-state index is 0.142. The quantitative estimate of drug-likeness (QED) is 0.666. The molecule has 1 rings (SSSR count). The van der Waals surface area contributed by atoms with Crippen molar-refractivity contribution in [2.75, 3.05) is 0 Å². The van der Waals surface area contributed by atoms with Crippen molar-refractivity contribution in [3.05, 3.63) is 35.6 Å². The van der Waals surface area contributed by atoms with E-state index in [0.29, 0.717) is 0 Å². The summed E-state index contributed by atoms with van der Waals surface area (Å²) in [6.45, 7) is 6.44. The van der Waals surface area contributed by atoms with Crippen molar-refractivity contribution in [3.8, 4) is 0 Å². The average Bonchev–Trinajstić information content (AvgIpc) is 2.16. The van der Waals surface area contributed by atoms with Crippen LogP contribution >= 0.6 is 11.6 Å². The zero-order valence-corrected chi connectivity index (χ0v) is 11.0. The monoisotopic (exact) mass is 242 g/mol. The van der Waals surface area contributed by atoms with Crippen LogP contribution in [-0.4, -0.2) is 5.38 Å². The van der Waals surface area contributed by atoms with Gasteiger partial charge in [0.2, 0.25) is 0 Å². The molecule has 0 N–H and O–H groups in total. The number of hydrogen-bond donors (Lipinski definition) is 0. The van der Waals surface area contributed by atoms with Gasteiger partial charge in [0.05, 0.1) is 0 Å². The Balaban J connectivity index is 2.36. The Hall–Kier alpha value is -0.560. The highest BCUT2D eigenvalue weighted by Gasteiger charge is 2.21. The summed E-state index contributed by atoms with van der Waals surface area (Å²) in [7, 11) is 0. The second-order valence-corrected chi connectivity index (χ2v) is 5.88. The van der Waals surface area contributed by atoms with Crippen LogP contribution in [0.3, 0.4) is 0 Å². The maximum Gasteiger partial charge on any atom is 0.123 e. The van der Waals surface area contributed by atoms with Gasteiger partial charge >= 0.3 is 0 Å². The molecule has 1 unspecified atom stereocenters. The van der Waals surface area contributed by atoms with Gasteiger partial charge in [0.25, 0.3) is 0 Å². The van der Waals surface area contributed by atoms with Gasteiger partial charge in [-0.25, -0.2) is 4.39 Å². The van der Waals surface area contributed by atoms with Gasteiger partial charge in [-0.1, -0.05) is 32.9 Å². The van der Waals surface area contributed by atoms with Gasteiger partial charge < -0.3 is 0 Å². The molecule has 0 aliphatic heterocycles. The highest BCUT2D eigenvalue weighted by atomic mass is 35.5. The first kappa shape index (κ1) is 13.5. The molecule has 0 aromatic heterocycles. The fourth-order valence-corrected chi connectivity index (χ4v) is 1.77. The van der Waals surface area contributed by atoms with Crippen molar-refractivity contribution in [2.24, 2.45) is 5.41 Å². The van der Waals surface area contributed by atoms with Crippen LogP contribution in [0.2, 0.25) is 0 Å². The number of hydrogen-bond acceptors (Lipinski definition) is 0. The largest absolute Gasteiger partial charge is 0.207 e. The van der Waals surface area contributed by atoms with Crippen LogP contribution in [0.4, 0.5) is 4.39 Å². The first-order valence-electron chi connectivity index (χ1n) is 5.78. The molecular formula is C14H20ClF. The van der Waals surface area contributed by atoms with Crippen LogP contribution < -0.4 is 0 Å². The molecule has 1 aromatic carbocycles. The zero-order valence-electron chi connectivity index (χ0n) is 10.3. The number of alkyl halides is 1. The molecule has 0 radical (unpaired) electrons. The smallest absolute Gasteiger partial charge is 0.123 e. The Morgan fingerprint density at radius 3 is 2.56 bits per heavy atom. The maximum absolute atomic E-state index is 12.9. The second kappa shape index (κ2) is 5.67. The molecule has 1 aromatic rings. The van der Waals surface area contributed by atoms with Crippen LogP contribution in [-0.2, 0) is 6.42 Å². The lowest BCUT2D eigenvalue weighted by atomic mass is 9.88. The first-order valence-corrected chi connectivity index (χ1v) is 6.22. The van der Waals surface area contributed by atoms with Gasteiger partial charge in [-0.05, 0) is 42.4 Å². The van der Waals surface area contributed by atoms with Gasteiger partial charge in [0, 0.05) is 5.38 Å². The Bertz CT molecular complexity index is 328. The van der Waals surface area contributed by atoms with Gasteiger partial charge in [0.1, 0.15) is 5.82 Å². The van der Waals surface area contributed by atoms with Crippen LogP contribution in [0.5, 0.6) is 0 Å². The van der Waals surface area contributed by atoms with Crippen molar-refractivity contribution >= 4 is 11.6 Å². The molecule has 0 saturated heterocycles. The molecule has 1 atom stereocenters. The van der Waals surface area contributed by atoms with E-state index in [-0.39, 0.29) is 16.6 Å². The normalized spacial score (nSPS) is 13.8. The lowest BCUT2D eigenvalue weighted by molar-refractivity contribution is 0.369. The summed E-state index contributed by atoms with van der Waals surface area (Å²) in [6, 6.07) is 6.79. The predicted octanol–water partition coefficient (Wildman–Crippen LogP) is 4.80. The van der Waals surface area contributed by atoms with Gasteiger partial charge in [-0.3, -0.25) is 0 Å². The lowest BCUT2D eigenvalue weighted by Crippen LogP contribution is -2.20. The molecule has 0 nitrogen and oxygen atoms in total. The van der Waals surface area contributed by atoms with E-state index in [0.717, 1.165) is 24.8 Å². The van der Waals surface area contributed by atoms with E-state index in [4.69, 9.17) is 11.6 Å². The third kappa shape index (κ3) is 4.52. The summed E-state index contributed by atoms with van der Waals surface area (Å²) in [6.07, 6.45) is 2.88. The van der Waals surface area contributed by atoms with E-state index in [9.17, 15) is 4.39 Å². The number of aryl methyl sites for hydroxylation is 1. The Morgan fingerprint density at radius 1 is 1.31 bits per heavy atom. The van der Waals surface area contributed by atoms with Gasteiger partial charge in [0.15, 0.2) is 0 Å². The highest BCUT2D eigenvalue weighted by molar-refractivity contribution is 6.21. The lowest BCUT2D eigenvalue weighted by Gasteiger charge is -2.24. The third-order valence-corrected chi connectivity index (χ3v) is 3.62. The van der Waals surface area contributed by atoms with Crippen molar-refractivity contribution in [2.45, 2.75) is 45.4 Å². The second-order valence-electron chi connectivity index (χ2n) is 5.36. The Morgan fingerprint density at radius 2 is 2.00 bits per heavy atom. The number of rotatable bonds is 4. The topological polar surface area (TPSA) is 0 Å². The molecule has 0 saturated carbocycles. The minimum atomic E-state index is -0.157. The van der Waals surface area contributed by atoms with Crippen molar-refractivity contribution in [3.63, 3.8) is 0 Å². The molecule has 0 bridgehead atoms. The van der Waals surface area contributed by atoms with Crippen LogP contribution in [0.15, 0.2) is 24.3 Å². The molecule has 0 heterocycles. The standard InChI is InChI=1S/C14H20ClF/c1-14(2,3)13(15)9-5-7-11-6-4-8-12(16)10-11/h4,6,8,10,13H,5,7,9H2,1-3H3. The molecular weight excluding hydrogens is 223 g/mol. The Labute approximate surface area is 103 Å². The van der Waals surface area contributed by atoms with Crippen molar-refractivity contribution < 1.29 is 4.39 Å². The molecule has 2 heteroatoms. The van der Waals surface area contributed by atoms with Crippen LogP contribution in [0.25, 0.3) is 0 Å². The molecule has 90 valence electrons. The Kier molecular flexibility index (Phi) is 4.79. The van der Waals surface area contributed by atoms with E-state index < -0.39 is 0 Å². The minimum Gasteiger partial charge on any atom is -0.207 e. The molecule has 0 spiro atoms. The molecule has 0 fully saturated rings. The summed E-state index contributed by atoms with van der Waals surface area (Å²) in [5.41, 5.74) is 1.20. The summed E-state index contributed by atoms with van der Waals surface area (Å²) < 4.78 is 12.9. The van der Waals surface area contributed by atoms with Crippen LogP contribution in [0.1, 0.15) is 39.2 Å². The van der Waals surface area contributed by atoms with E-state index in [2.05, 4.69) is 20.8 Å². The summed E-state index contributed by atoms with van der Waals surface area (Å²) in [4.78, 5) is 0. The molecule has 0 amide bonds. The fraction of sp³-hybridized carbons (Fsp3) is 0.571.